The van der Waals surface area contributed by atoms with Crippen molar-refractivity contribution in [3.8, 4) is 5.75 Å². The Morgan fingerprint density at radius 1 is 1.17 bits per heavy atom. The molecule has 0 saturated carbocycles. The van der Waals surface area contributed by atoms with E-state index in [9.17, 15) is 23.2 Å². The number of hydrogen-bond donors (Lipinski definition) is 3. The number of benzene rings is 1. The summed E-state index contributed by atoms with van der Waals surface area (Å²) in [4.78, 5) is 35.2. The fourth-order valence-corrected chi connectivity index (χ4v) is 1.79. The molecule has 132 valence electrons. The van der Waals surface area contributed by atoms with Crippen molar-refractivity contribution in [3.63, 3.8) is 0 Å². The summed E-state index contributed by atoms with van der Waals surface area (Å²) in [6, 6.07) is 4.67. The molecule has 3 amide bonds. The first kappa shape index (κ1) is 19.3. The maximum atomic E-state index is 12.3. The predicted molar refractivity (Wildman–Crippen MR) is 81.7 cm³/mol. The summed E-state index contributed by atoms with van der Waals surface area (Å²) in [7, 11) is 0. The number of rotatable bonds is 8. The van der Waals surface area contributed by atoms with Crippen LogP contribution in [-0.4, -0.2) is 43.5 Å². The van der Waals surface area contributed by atoms with Gasteiger partial charge in [-0.3, -0.25) is 14.4 Å². The largest absolute Gasteiger partial charge is 0.434 e. The van der Waals surface area contributed by atoms with E-state index in [0.717, 1.165) is 0 Å². The molecule has 0 saturated heterocycles. The molecule has 0 bridgehead atoms. The Hall–Kier alpha value is -2.71. The van der Waals surface area contributed by atoms with Gasteiger partial charge in [0.1, 0.15) is 11.8 Å². The molecule has 3 N–H and O–H groups in total. The molecule has 1 atom stereocenters. The summed E-state index contributed by atoms with van der Waals surface area (Å²) in [6.45, 7) is 0.185. The Morgan fingerprint density at radius 3 is 2.46 bits per heavy atom. The smallest absolute Gasteiger partial charge is 0.387 e. The molecule has 24 heavy (non-hydrogen) atoms. The highest BCUT2D eigenvalue weighted by Gasteiger charge is 2.18. The lowest BCUT2D eigenvalue weighted by Gasteiger charge is -2.14. The van der Waals surface area contributed by atoms with E-state index in [1.54, 1.807) is 6.92 Å². The summed E-state index contributed by atoms with van der Waals surface area (Å²) < 4.78 is 28.9. The van der Waals surface area contributed by atoms with Gasteiger partial charge >= 0.3 is 6.61 Å². The van der Waals surface area contributed by atoms with Crippen molar-refractivity contribution in [2.45, 2.75) is 26.5 Å². The lowest BCUT2D eigenvalue weighted by Crippen LogP contribution is -2.47. The van der Waals surface area contributed by atoms with E-state index in [-0.39, 0.29) is 17.2 Å². The third-order valence-corrected chi connectivity index (χ3v) is 2.88. The summed E-state index contributed by atoms with van der Waals surface area (Å²) in [5.41, 5.74) is -0.123. The number of amides is 3. The van der Waals surface area contributed by atoms with E-state index in [1.807, 2.05) is 0 Å². The van der Waals surface area contributed by atoms with Gasteiger partial charge in [-0.15, -0.1) is 0 Å². The second kappa shape index (κ2) is 9.43. The van der Waals surface area contributed by atoms with E-state index in [2.05, 4.69) is 20.7 Å². The maximum Gasteiger partial charge on any atom is 0.387 e. The number of ether oxygens (including phenoxy) is 1. The van der Waals surface area contributed by atoms with Gasteiger partial charge in [-0.2, -0.15) is 8.78 Å². The van der Waals surface area contributed by atoms with Gasteiger partial charge in [0.15, 0.2) is 0 Å². The van der Waals surface area contributed by atoms with Gasteiger partial charge in [-0.05, 0) is 26.0 Å². The van der Waals surface area contributed by atoms with Crippen LogP contribution in [0.5, 0.6) is 5.75 Å². The zero-order valence-corrected chi connectivity index (χ0v) is 13.3. The number of nitrogens with one attached hydrogen (secondary N) is 3. The van der Waals surface area contributed by atoms with Crippen molar-refractivity contribution >= 4 is 17.7 Å². The Labute approximate surface area is 137 Å². The van der Waals surface area contributed by atoms with E-state index < -0.39 is 31.0 Å². The number of halogens is 2. The minimum Gasteiger partial charge on any atom is -0.434 e. The number of carbonyl (C=O) groups excluding carboxylic acids is 3. The molecule has 0 aliphatic carbocycles. The number of likely N-dealkylation sites (N-methyl/N-ethyl adjacent to an activating group) is 1. The van der Waals surface area contributed by atoms with Crippen LogP contribution in [0, 0.1) is 0 Å². The highest BCUT2D eigenvalue weighted by molar-refractivity contribution is 5.99. The fourth-order valence-electron chi connectivity index (χ4n) is 1.79. The second-order valence-electron chi connectivity index (χ2n) is 4.74. The predicted octanol–water partition coefficient (Wildman–Crippen LogP) is 0.659. The normalized spacial score (nSPS) is 11.5. The molecule has 0 fully saturated rings. The van der Waals surface area contributed by atoms with Crippen LogP contribution in [0.4, 0.5) is 8.78 Å². The standard InChI is InChI=1S/C15H19F2N3O4/c1-3-18-13(22)9(2)20-12(21)8-19-14(23)10-6-4-5-7-11(10)24-15(16)17/h4-7,9,15H,3,8H2,1-2H3,(H,18,22)(H,19,23)(H,20,21)/t9-/m1/s1. The van der Waals surface area contributed by atoms with Crippen LogP contribution in [0.15, 0.2) is 24.3 Å². The van der Waals surface area contributed by atoms with Crippen LogP contribution in [0.2, 0.25) is 0 Å². The minimum absolute atomic E-state index is 0.123. The van der Waals surface area contributed by atoms with Crippen molar-refractivity contribution in [3.05, 3.63) is 29.8 Å². The topological polar surface area (TPSA) is 96.5 Å². The average Bonchev–Trinajstić information content (AvgIpc) is 2.52. The molecule has 0 heterocycles. The van der Waals surface area contributed by atoms with Gasteiger partial charge < -0.3 is 20.7 Å². The van der Waals surface area contributed by atoms with Gasteiger partial charge in [0, 0.05) is 6.54 Å². The average molecular weight is 343 g/mol. The van der Waals surface area contributed by atoms with Gasteiger partial charge in [0.05, 0.1) is 12.1 Å². The van der Waals surface area contributed by atoms with Crippen molar-refractivity contribution in [1.82, 2.24) is 16.0 Å². The molecule has 7 nitrogen and oxygen atoms in total. The molecule has 1 rings (SSSR count). The fraction of sp³-hybridized carbons (Fsp3) is 0.400. The molecule has 0 aliphatic rings. The van der Waals surface area contributed by atoms with E-state index in [4.69, 9.17) is 0 Å². The SMILES string of the molecule is CCNC(=O)[C@@H](C)NC(=O)CNC(=O)c1ccccc1OC(F)F. The van der Waals surface area contributed by atoms with Crippen LogP contribution < -0.4 is 20.7 Å². The summed E-state index contributed by atoms with van der Waals surface area (Å²) in [6.07, 6.45) is 0. The first-order valence-corrected chi connectivity index (χ1v) is 7.24. The molecule has 0 aliphatic heterocycles. The molecule has 0 aromatic heterocycles. The summed E-state index contributed by atoms with van der Waals surface area (Å²) in [5.74, 6) is -1.98. The van der Waals surface area contributed by atoms with Gasteiger partial charge in [-0.1, -0.05) is 12.1 Å². The first-order valence-electron chi connectivity index (χ1n) is 7.24. The highest BCUT2D eigenvalue weighted by Crippen LogP contribution is 2.19. The summed E-state index contributed by atoms with van der Waals surface area (Å²) >= 11 is 0. The van der Waals surface area contributed by atoms with Crippen LogP contribution in [0.3, 0.4) is 0 Å². The monoisotopic (exact) mass is 343 g/mol. The van der Waals surface area contributed by atoms with Crippen LogP contribution in [-0.2, 0) is 9.59 Å². The van der Waals surface area contributed by atoms with Gasteiger partial charge in [0.25, 0.3) is 5.91 Å². The number of para-hydroxylation sites is 1. The van der Waals surface area contributed by atoms with Gasteiger partial charge in [-0.25, -0.2) is 0 Å². The Morgan fingerprint density at radius 2 is 1.83 bits per heavy atom. The highest BCUT2D eigenvalue weighted by atomic mass is 19.3. The maximum absolute atomic E-state index is 12.3. The first-order chi connectivity index (χ1) is 11.3. The van der Waals surface area contributed by atoms with Crippen LogP contribution in [0.1, 0.15) is 24.2 Å². The molecule has 9 heteroatoms. The Balaban J connectivity index is 2.57. The Kier molecular flexibility index (Phi) is 7.60. The number of alkyl halides is 2. The summed E-state index contributed by atoms with van der Waals surface area (Å²) in [5, 5.41) is 7.22. The molecule has 0 unspecified atom stereocenters. The lowest BCUT2D eigenvalue weighted by molar-refractivity contribution is -0.128. The zero-order chi connectivity index (χ0) is 18.1. The molecular formula is C15H19F2N3O4. The molecule has 1 aromatic rings. The Bertz CT molecular complexity index is 596. The number of carbonyl (C=O) groups is 3. The van der Waals surface area contributed by atoms with Crippen molar-refractivity contribution in [2.75, 3.05) is 13.1 Å². The molecule has 0 spiro atoms. The molecule has 1 aromatic carbocycles. The van der Waals surface area contributed by atoms with Gasteiger partial charge in [0.2, 0.25) is 11.8 Å². The quantitative estimate of drug-likeness (QED) is 0.646. The number of hydrogen-bond acceptors (Lipinski definition) is 4. The van der Waals surface area contributed by atoms with Crippen molar-refractivity contribution < 1.29 is 27.9 Å². The zero-order valence-electron chi connectivity index (χ0n) is 13.3. The van der Waals surface area contributed by atoms with Crippen molar-refractivity contribution in [1.29, 1.82) is 0 Å². The van der Waals surface area contributed by atoms with E-state index in [1.165, 1.54) is 31.2 Å². The van der Waals surface area contributed by atoms with Crippen LogP contribution in [0.25, 0.3) is 0 Å². The molecule has 0 radical (unpaired) electrons. The molecular weight excluding hydrogens is 324 g/mol. The lowest BCUT2D eigenvalue weighted by atomic mass is 10.2. The van der Waals surface area contributed by atoms with E-state index >= 15 is 0 Å². The van der Waals surface area contributed by atoms with Crippen LogP contribution >= 0.6 is 0 Å². The third kappa shape index (κ3) is 6.19. The minimum atomic E-state index is -3.07. The third-order valence-electron chi connectivity index (χ3n) is 2.88. The van der Waals surface area contributed by atoms with E-state index in [0.29, 0.717) is 6.54 Å². The van der Waals surface area contributed by atoms with Crippen molar-refractivity contribution in [2.24, 2.45) is 0 Å². The second-order valence-corrected chi connectivity index (χ2v) is 4.74.